The number of nitrogens with zero attached hydrogens (tertiary/aromatic N) is 1. The summed E-state index contributed by atoms with van der Waals surface area (Å²) >= 11 is 0. The number of carbonyl (C=O) groups excluding carboxylic acids is 1. The van der Waals surface area contributed by atoms with Gasteiger partial charge in [-0.3, -0.25) is 4.79 Å². The number of amides is 2. The Morgan fingerprint density at radius 1 is 1.10 bits per heavy atom. The van der Waals surface area contributed by atoms with Gasteiger partial charge in [0.2, 0.25) is 6.79 Å². The zero-order valence-corrected chi connectivity index (χ0v) is 16.8. The smallest absolute Gasteiger partial charge is 0.322 e. The summed E-state index contributed by atoms with van der Waals surface area (Å²) in [6, 6.07) is 10.8. The zero-order chi connectivity index (χ0) is 21.4. The molecule has 1 aromatic heterocycles. The van der Waals surface area contributed by atoms with Gasteiger partial charge in [0.15, 0.2) is 11.5 Å². The quantitative estimate of drug-likeness (QED) is 0.653. The summed E-state index contributed by atoms with van der Waals surface area (Å²) < 4.78 is 24.0. The molecule has 0 unspecified atom stereocenters. The van der Waals surface area contributed by atoms with E-state index in [1.807, 2.05) is 6.07 Å². The highest BCUT2D eigenvalue weighted by Gasteiger charge is 2.28. The van der Waals surface area contributed by atoms with Gasteiger partial charge >= 0.3 is 6.03 Å². The van der Waals surface area contributed by atoms with Crippen LogP contribution in [-0.4, -0.2) is 28.7 Å². The van der Waals surface area contributed by atoms with Gasteiger partial charge in [0.05, 0.1) is 12.1 Å². The van der Waals surface area contributed by atoms with Gasteiger partial charge in [-0.05, 0) is 49.2 Å². The normalized spacial score (nSPS) is 15.4. The molecule has 1 aliphatic carbocycles. The predicted molar refractivity (Wildman–Crippen MR) is 114 cm³/mol. The minimum absolute atomic E-state index is 0.0484. The summed E-state index contributed by atoms with van der Waals surface area (Å²) in [6.07, 6.45) is 3.87. The molecule has 2 amide bonds. The number of aromatic nitrogens is 1. The molecule has 0 saturated heterocycles. The Hall–Kier alpha value is -3.55. The van der Waals surface area contributed by atoms with Crippen LogP contribution in [0.5, 0.6) is 11.5 Å². The van der Waals surface area contributed by atoms with Crippen LogP contribution >= 0.6 is 0 Å². The number of halogens is 1. The summed E-state index contributed by atoms with van der Waals surface area (Å²) in [5.74, 6) is 0.864. The largest absolute Gasteiger partial charge is 0.454 e. The summed E-state index contributed by atoms with van der Waals surface area (Å²) in [5.41, 5.74) is 1.41. The first-order chi connectivity index (χ1) is 15.1. The molecule has 7 nitrogen and oxygen atoms in total. The minimum Gasteiger partial charge on any atom is -0.454 e. The molecule has 0 radical (unpaired) electrons. The van der Waals surface area contributed by atoms with E-state index < -0.39 is 0 Å². The van der Waals surface area contributed by atoms with Crippen molar-refractivity contribution < 1.29 is 18.7 Å². The maximum atomic E-state index is 13.2. The van der Waals surface area contributed by atoms with Crippen molar-refractivity contribution in [3.8, 4) is 11.5 Å². The first-order valence-electron chi connectivity index (χ1n) is 10.4. The van der Waals surface area contributed by atoms with Crippen molar-refractivity contribution in [1.82, 2.24) is 9.88 Å². The molecular weight excluding hydrogens is 401 g/mol. The lowest BCUT2D eigenvalue weighted by atomic mass is 10.1. The number of benzene rings is 2. The number of aromatic amines is 1. The third-order valence-corrected chi connectivity index (χ3v) is 5.88. The minimum atomic E-state index is -0.366. The van der Waals surface area contributed by atoms with Crippen LogP contribution in [0.2, 0.25) is 0 Å². The number of urea groups is 1. The Labute approximate surface area is 177 Å². The number of rotatable bonds is 4. The van der Waals surface area contributed by atoms with Gasteiger partial charge in [-0.2, -0.15) is 0 Å². The van der Waals surface area contributed by atoms with Gasteiger partial charge in [-0.15, -0.1) is 0 Å². The van der Waals surface area contributed by atoms with Crippen LogP contribution < -0.4 is 20.3 Å². The fourth-order valence-corrected chi connectivity index (χ4v) is 4.25. The standard InChI is InChI=1S/C23H22FN3O4/c24-16-5-7-17(8-6-16)25-23(29)27(18-3-1-2-4-18)12-15-9-14-10-20-21(31-13-30-20)11-19(14)26-22(15)28/h5-11,18H,1-4,12-13H2,(H,25,29)(H,26,28). The van der Waals surface area contributed by atoms with Gasteiger partial charge in [0, 0.05) is 28.7 Å². The number of fused-ring (bicyclic) bond motifs is 2. The number of H-pyrrole nitrogens is 1. The molecular formula is C23H22FN3O4. The SMILES string of the molecule is O=C(Nc1ccc(F)cc1)N(Cc1cc2cc3c(cc2[nH]c1=O)OCO3)C1CCCC1. The van der Waals surface area contributed by atoms with E-state index in [1.54, 1.807) is 17.0 Å². The number of nitrogens with one attached hydrogen (secondary N) is 2. The Kier molecular flexibility index (Phi) is 4.97. The lowest BCUT2D eigenvalue weighted by molar-refractivity contribution is 0.174. The van der Waals surface area contributed by atoms with Gasteiger partial charge < -0.3 is 24.7 Å². The summed E-state index contributed by atoms with van der Waals surface area (Å²) in [7, 11) is 0. The Bertz CT molecular complexity index is 1190. The third kappa shape index (κ3) is 3.93. The van der Waals surface area contributed by atoms with Crippen molar-refractivity contribution in [2.45, 2.75) is 38.3 Å². The molecule has 0 atom stereocenters. The van der Waals surface area contributed by atoms with Crippen LogP contribution in [-0.2, 0) is 6.54 Å². The second-order valence-electron chi connectivity index (χ2n) is 7.92. The van der Waals surface area contributed by atoms with Crippen LogP contribution in [0.1, 0.15) is 31.2 Å². The van der Waals surface area contributed by atoms with E-state index in [2.05, 4.69) is 10.3 Å². The molecule has 5 rings (SSSR count). The van der Waals surface area contributed by atoms with Gasteiger partial charge in [-0.25, -0.2) is 9.18 Å². The van der Waals surface area contributed by atoms with Gasteiger partial charge in [-0.1, -0.05) is 12.8 Å². The van der Waals surface area contributed by atoms with E-state index in [-0.39, 0.29) is 36.8 Å². The topological polar surface area (TPSA) is 83.7 Å². The van der Waals surface area contributed by atoms with Crippen LogP contribution in [0.25, 0.3) is 10.9 Å². The van der Waals surface area contributed by atoms with Crippen LogP contribution in [0.3, 0.4) is 0 Å². The summed E-state index contributed by atoms with van der Waals surface area (Å²) in [4.78, 5) is 30.5. The zero-order valence-electron chi connectivity index (χ0n) is 16.8. The van der Waals surface area contributed by atoms with Gasteiger partial charge in [0.1, 0.15) is 5.82 Å². The number of anilines is 1. The van der Waals surface area contributed by atoms with Crippen molar-refractivity contribution in [1.29, 1.82) is 0 Å². The van der Waals surface area contributed by atoms with E-state index >= 15 is 0 Å². The average Bonchev–Trinajstić information content (AvgIpc) is 3.44. The highest BCUT2D eigenvalue weighted by Crippen LogP contribution is 2.35. The van der Waals surface area contributed by atoms with E-state index in [9.17, 15) is 14.0 Å². The monoisotopic (exact) mass is 423 g/mol. The van der Waals surface area contributed by atoms with Gasteiger partial charge in [0.25, 0.3) is 5.56 Å². The fourth-order valence-electron chi connectivity index (χ4n) is 4.25. The number of pyridine rings is 1. The molecule has 3 aromatic rings. The Morgan fingerprint density at radius 3 is 2.55 bits per heavy atom. The molecule has 2 aliphatic rings. The maximum absolute atomic E-state index is 13.2. The number of hydrogen-bond acceptors (Lipinski definition) is 4. The molecule has 1 aliphatic heterocycles. The van der Waals surface area contributed by atoms with Crippen LogP contribution in [0.15, 0.2) is 47.3 Å². The van der Waals surface area contributed by atoms with Crippen molar-refractivity contribution in [2.75, 3.05) is 12.1 Å². The molecule has 2 heterocycles. The molecule has 8 heteroatoms. The molecule has 31 heavy (non-hydrogen) atoms. The van der Waals surface area contributed by atoms with Crippen molar-refractivity contribution in [3.05, 3.63) is 64.2 Å². The highest BCUT2D eigenvalue weighted by atomic mass is 19.1. The second-order valence-corrected chi connectivity index (χ2v) is 7.92. The van der Waals surface area contributed by atoms with E-state index in [4.69, 9.17) is 9.47 Å². The molecule has 0 bridgehead atoms. The molecule has 0 spiro atoms. The maximum Gasteiger partial charge on any atom is 0.322 e. The first kappa shape index (κ1) is 19.4. The summed E-state index contributed by atoms with van der Waals surface area (Å²) in [6.45, 7) is 0.333. The summed E-state index contributed by atoms with van der Waals surface area (Å²) in [5, 5.41) is 3.64. The number of hydrogen-bond donors (Lipinski definition) is 2. The molecule has 2 N–H and O–H groups in total. The highest BCUT2D eigenvalue weighted by molar-refractivity contribution is 5.89. The molecule has 2 aromatic carbocycles. The molecule has 1 fully saturated rings. The molecule has 160 valence electrons. The van der Waals surface area contributed by atoms with E-state index in [0.717, 1.165) is 31.1 Å². The Balaban J connectivity index is 1.44. The Morgan fingerprint density at radius 2 is 1.81 bits per heavy atom. The lowest BCUT2D eigenvalue weighted by Gasteiger charge is -2.29. The number of carbonyl (C=O) groups is 1. The average molecular weight is 423 g/mol. The predicted octanol–water partition coefficient (Wildman–Crippen LogP) is 4.37. The second kappa shape index (κ2) is 7.94. The van der Waals surface area contributed by atoms with E-state index in [0.29, 0.717) is 28.3 Å². The van der Waals surface area contributed by atoms with Crippen molar-refractivity contribution >= 4 is 22.6 Å². The van der Waals surface area contributed by atoms with Crippen LogP contribution in [0, 0.1) is 5.82 Å². The fraction of sp³-hybridized carbons (Fsp3) is 0.304. The lowest BCUT2D eigenvalue weighted by Crippen LogP contribution is -2.42. The van der Waals surface area contributed by atoms with E-state index in [1.165, 1.54) is 24.3 Å². The van der Waals surface area contributed by atoms with Crippen molar-refractivity contribution in [2.24, 2.45) is 0 Å². The van der Waals surface area contributed by atoms with Crippen molar-refractivity contribution in [3.63, 3.8) is 0 Å². The first-order valence-corrected chi connectivity index (χ1v) is 10.4. The number of ether oxygens (including phenoxy) is 2. The molecule has 1 saturated carbocycles. The third-order valence-electron chi connectivity index (χ3n) is 5.88. The van der Waals surface area contributed by atoms with Crippen LogP contribution in [0.4, 0.5) is 14.9 Å².